The number of amides is 1. The maximum Gasteiger partial charge on any atom is 0.267 e. The van der Waals surface area contributed by atoms with Crippen molar-refractivity contribution in [3.63, 3.8) is 0 Å². The molecule has 156 valence electrons. The normalized spacial score (nSPS) is 10.6. The summed E-state index contributed by atoms with van der Waals surface area (Å²) in [6.45, 7) is 5.11. The van der Waals surface area contributed by atoms with Gasteiger partial charge < -0.3 is 9.64 Å². The Kier molecular flexibility index (Phi) is 7.38. The Labute approximate surface area is 176 Å². The highest BCUT2D eigenvalue weighted by atomic mass is 16.5. The third-order valence-electron chi connectivity index (χ3n) is 4.72. The summed E-state index contributed by atoms with van der Waals surface area (Å²) in [4.78, 5) is 27.1. The summed E-state index contributed by atoms with van der Waals surface area (Å²) in [6.07, 6.45) is 1.86. The minimum absolute atomic E-state index is 0.109. The molecule has 0 aliphatic rings. The average molecular weight is 405 g/mol. The molecule has 1 aromatic heterocycles. The Hall–Kier alpha value is -3.41. The molecule has 6 heteroatoms. The van der Waals surface area contributed by atoms with Crippen molar-refractivity contribution in [3.05, 3.63) is 77.1 Å². The lowest BCUT2D eigenvalue weighted by molar-refractivity contribution is -0.119. The third kappa shape index (κ3) is 5.35. The number of anilines is 1. The van der Waals surface area contributed by atoms with Crippen LogP contribution >= 0.6 is 0 Å². The van der Waals surface area contributed by atoms with Crippen LogP contribution in [0.2, 0.25) is 0 Å². The lowest BCUT2D eigenvalue weighted by atomic mass is 10.1. The molecular formula is C24H27N3O3. The van der Waals surface area contributed by atoms with Gasteiger partial charge >= 0.3 is 0 Å². The molecule has 0 fully saturated rings. The molecule has 0 radical (unpaired) electrons. The van der Waals surface area contributed by atoms with E-state index < -0.39 is 0 Å². The van der Waals surface area contributed by atoms with Gasteiger partial charge in [0.25, 0.3) is 5.56 Å². The number of benzene rings is 2. The van der Waals surface area contributed by atoms with Crippen molar-refractivity contribution in [2.75, 3.05) is 18.1 Å². The Morgan fingerprint density at radius 2 is 1.73 bits per heavy atom. The van der Waals surface area contributed by atoms with Crippen molar-refractivity contribution in [1.82, 2.24) is 9.78 Å². The molecule has 3 rings (SSSR count). The summed E-state index contributed by atoms with van der Waals surface area (Å²) >= 11 is 0. The monoisotopic (exact) mass is 405 g/mol. The number of carbonyl (C=O) groups excluding carboxylic acids is 1. The van der Waals surface area contributed by atoms with Gasteiger partial charge in [-0.05, 0) is 55.8 Å². The second-order valence-corrected chi connectivity index (χ2v) is 6.91. The highest BCUT2D eigenvalue weighted by Gasteiger charge is 2.17. The average Bonchev–Trinajstić information content (AvgIpc) is 2.77. The van der Waals surface area contributed by atoms with Crippen LogP contribution in [0.3, 0.4) is 0 Å². The van der Waals surface area contributed by atoms with Gasteiger partial charge in [0, 0.05) is 23.9 Å². The van der Waals surface area contributed by atoms with Crippen molar-refractivity contribution in [1.29, 1.82) is 0 Å². The summed E-state index contributed by atoms with van der Waals surface area (Å²) in [6, 6.07) is 20.2. The molecular weight excluding hydrogens is 378 g/mol. The zero-order valence-corrected chi connectivity index (χ0v) is 17.5. The van der Waals surface area contributed by atoms with Crippen LogP contribution in [0.15, 0.2) is 71.5 Å². The first-order valence-electron chi connectivity index (χ1n) is 10.3. The largest absolute Gasteiger partial charge is 0.494 e. The van der Waals surface area contributed by atoms with E-state index in [-0.39, 0.29) is 18.0 Å². The van der Waals surface area contributed by atoms with E-state index in [0.717, 1.165) is 29.8 Å². The van der Waals surface area contributed by atoms with Crippen LogP contribution in [0.25, 0.3) is 11.3 Å². The summed E-state index contributed by atoms with van der Waals surface area (Å²) in [5.74, 6) is 0.618. The van der Waals surface area contributed by atoms with Crippen molar-refractivity contribution in [2.24, 2.45) is 0 Å². The number of aromatic nitrogens is 2. The molecule has 6 nitrogen and oxygen atoms in total. The number of ether oxygens (including phenoxy) is 1. The second-order valence-electron chi connectivity index (χ2n) is 6.91. The molecule has 2 aromatic carbocycles. The van der Waals surface area contributed by atoms with Gasteiger partial charge in [-0.1, -0.05) is 31.5 Å². The lowest BCUT2D eigenvalue weighted by Crippen LogP contribution is -2.38. The standard InChI is InChI=1S/C24H27N3O3/c1-3-5-17-26(20-9-7-6-8-10-20)24(29)18-27-23(28)16-15-22(25-27)19-11-13-21(14-12-19)30-4-2/h6-16H,3-5,17-18H2,1-2H3. The molecule has 0 saturated carbocycles. The van der Waals surface area contributed by atoms with Gasteiger partial charge in [-0.15, -0.1) is 0 Å². The zero-order chi connectivity index (χ0) is 21.3. The van der Waals surface area contributed by atoms with E-state index in [0.29, 0.717) is 18.8 Å². The fourth-order valence-electron chi connectivity index (χ4n) is 3.14. The number of rotatable bonds is 9. The van der Waals surface area contributed by atoms with E-state index in [4.69, 9.17) is 4.74 Å². The van der Waals surface area contributed by atoms with Gasteiger partial charge in [0.05, 0.1) is 12.3 Å². The number of carbonyl (C=O) groups is 1. The van der Waals surface area contributed by atoms with E-state index >= 15 is 0 Å². The van der Waals surface area contributed by atoms with Gasteiger partial charge in [0.15, 0.2) is 0 Å². The number of hydrogen-bond acceptors (Lipinski definition) is 4. The molecule has 0 atom stereocenters. The third-order valence-corrected chi connectivity index (χ3v) is 4.72. The van der Waals surface area contributed by atoms with E-state index in [1.165, 1.54) is 10.7 Å². The summed E-state index contributed by atoms with van der Waals surface area (Å²) < 4.78 is 6.70. The highest BCUT2D eigenvalue weighted by molar-refractivity contribution is 5.93. The Morgan fingerprint density at radius 3 is 2.40 bits per heavy atom. The number of nitrogens with zero attached hydrogens (tertiary/aromatic N) is 3. The molecule has 1 heterocycles. The number of para-hydroxylation sites is 1. The van der Waals surface area contributed by atoms with Crippen molar-refractivity contribution < 1.29 is 9.53 Å². The van der Waals surface area contributed by atoms with E-state index in [9.17, 15) is 9.59 Å². The first-order valence-corrected chi connectivity index (χ1v) is 10.3. The van der Waals surface area contributed by atoms with E-state index in [2.05, 4.69) is 12.0 Å². The van der Waals surface area contributed by atoms with Crippen LogP contribution in [0, 0.1) is 0 Å². The first kappa shape index (κ1) is 21.3. The maximum atomic E-state index is 13.0. The molecule has 3 aromatic rings. The predicted octanol–water partition coefficient (Wildman–Crippen LogP) is 4.14. The summed E-state index contributed by atoms with van der Waals surface area (Å²) in [5, 5.41) is 4.43. The molecule has 0 N–H and O–H groups in total. The molecule has 0 saturated heterocycles. The van der Waals surface area contributed by atoms with Crippen molar-refractivity contribution in [3.8, 4) is 17.0 Å². The van der Waals surface area contributed by atoms with Crippen LogP contribution in [-0.2, 0) is 11.3 Å². The van der Waals surface area contributed by atoms with Crippen LogP contribution in [0.5, 0.6) is 5.75 Å². The van der Waals surface area contributed by atoms with Crippen molar-refractivity contribution >= 4 is 11.6 Å². The molecule has 0 bridgehead atoms. The lowest BCUT2D eigenvalue weighted by Gasteiger charge is -2.23. The topological polar surface area (TPSA) is 64.4 Å². The van der Waals surface area contributed by atoms with Gasteiger partial charge in [0.1, 0.15) is 12.3 Å². The number of unbranched alkanes of at least 4 members (excludes halogenated alkanes) is 1. The maximum absolute atomic E-state index is 13.0. The molecule has 1 amide bonds. The molecule has 0 spiro atoms. The zero-order valence-electron chi connectivity index (χ0n) is 17.5. The summed E-state index contributed by atoms with van der Waals surface area (Å²) in [5.41, 5.74) is 2.00. The first-order chi connectivity index (χ1) is 14.6. The van der Waals surface area contributed by atoms with Crippen molar-refractivity contribution in [2.45, 2.75) is 33.2 Å². The fourth-order valence-corrected chi connectivity index (χ4v) is 3.14. The Balaban J connectivity index is 1.83. The van der Waals surface area contributed by atoms with E-state index in [1.54, 1.807) is 11.0 Å². The van der Waals surface area contributed by atoms with Gasteiger partial charge in [-0.3, -0.25) is 9.59 Å². The number of hydrogen-bond donors (Lipinski definition) is 0. The molecule has 0 aliphatic heterocycles. The summed E-state index contributed by atoms with van der Waals surface area (Å²) in [7, 11) is 0. The minimum atomic E-state index is -0.304. The molecule has 0 aliphatic carbocycles. The van der Waals surface area contributed by atoms with E-state index in [1.807, 2.05) is 61.5 Å². The van der Waals surface area contributed by atoms with Gasteiger partial charge in [0.2, 0.25) is 5.91 Å². The van der Waals surface area contributed by atoms with Crippen LogP contribution in [0.4, 0.5) is 5.69 Å². The van der Waals surface area contributed by atoms with Crippen LogP contribution in [0.1, 0.15) is 26.7 Å². The Morgan fingerprint density at radius 1 is 1.00 bits per heavy atom. The second kappa shape index (κ2) is 10.4. The predicted molar refractivity (Wildman–Crippen MR) is 119 cm³/mol. The highest BCUT2D eigenvalue weighted by Crippen LogP contribution is 2.20. The van der Waals surface area contributed by atoms with Gasteiger partial charge in [-0.2, -0.15) is 5.10 Å². The van der Waals surface area contributed by atoms with Gasteiger partial charge in [-0.25, -0.2) is 4.68 Å². The molecule has 0 unspecified atom stereocenters. The quantitative estimate of drug-likeness (QED) is 0.537. The fraction of sp³-hybridized carbons (Fsp3) is 0.292. The van der Waals surface area contributed by atoms with Crippen LogP contribution in [-0.4, -0.2) is 28.8 Å². The SMILES string of the molecule is CCCCN(C(=O)Cn1nc(-c2ccc(OCC)cc2)ccc1=O)c1ccccc1. The Bertz CT molecular complexity index is 1010. The minimum Gasteiger partial charge on any atom is -0.494 e. The van der Waals surface area contributed by atoms with Crippen LogP contribution < -0.4 is 15.2 Å². The smallest absolute Gasteiger partial charge is 0.267 e. The molecule has 30 heavy (non-hydrogen) atoms.